The zero-order valence-corrected chi connectivity index (χ0v) is 13.0. The lowest BCUT2D eigenvalue weighted by Gasteiger charge is -2.29. The maximum Gasteiger partial charge on any atom is 0.313 e. The van der Waals surface area contributed by atoms with Crippen LogP contribution in [0.25, 0.3) is 0 Å². The van der Waals surface area contributed by atoms with Gasteiger partial charge in [-0.15, -0.1) is 0 Å². The topological polar surface area (TPSA) is 58.2 Å². The van der Waals surface area contributed by atoms with Crippen molar-refractivity contribution < 1.29 is 9.59 Å². The van der Waals surface area contributed by atoms with E-state index in [2.05, 4.69) is 17.6 Å². The molecule has 2 amide bonds. The Labute approximate surface area is 126 Å². The van der Waals surface area contributed by atoms with Crippen molar-refractivity contribution in [1.82, 2.24) is 5.32 Å². The predicted octanol–water partition coefficient (Wildman–Crippen LogP) is 2.94. The molecule has 2 atom stereocenters. The van der Waals surface area contributed by atoms with Gasteiger partial charge in [-0.25, -0.2) is 0 Å². The molecule has 0 saturated heterocycles. The van der Waals surface area contributed by atoms with Crippen LogP contribution >= 0.6 is 0 Å². The first-order valence-electron chi connectivity index (χ1n) is 7.66. The summed E-state index contributed by atoms with van der Waals surface area (Å²) in [5.41, 5.74) is 2.79. The average molecular weight is 288 g/mol. The van der Waals surface area contributed by atoms with Gasteiger partial charge in [-0.3, -0.25) is 9.59 Å². The van der Waals surface area contributed by atoms with Gasteiger partial charge in [0.05, 0.1) is 0 Å². The van der Waals surface area contributed by atoms with Gasteiger partial charge >= 0.3 is 11.8 Å². The summed E-state index contributed by atoms with van der Waals surface area (Å²) in [5.74, 6) is -0.678. The number of benzene rings is 1. The van der Waals surface area contributed by atoms with Gasteiger partial charge in [0.2, 0.25) is 0 Å². The van der Waals surface area contributed by atoms with Crippen molar-refractivity contribution in [3.8, 4) is 0 Å². The molecule has 1 aromatic carbocycles. The molecule has 0 unspecified atom stereocenters. The van der Waals surface area contributed by atoms with E-state index >= 15 is 0 Å². The minimum absolute atomic E-state index is 0.122. The molecule has 2 N–H and O–H groups in total. The van der Waals surface area contributed by atoms with Crippen LogP contribution in [-0.2, 0) is 9.59 Å². The van der Waals surface area contributed by atoms with E-state index in [4.69, 9.17) is 0 Å². The molecule has 4 heteroatoms. The second kappa shape index (κ2) is 6.74. The van der Waals surface area contributed by atoms with Gasteiger partial charge in [-0.1, -0.05) is 25.8 Å². The summed E-state index contributed by atoms with van der Waals surface area (Å²) in [7, 11) is 0. The van der Waals surface area contributed by atoms with E-state index in [1.54, 1.807) is 0 Å². The van der Waals surface area contributed by atoms with E-state index in [9.17, 15) is 9.59 Å². The molecule has 0 aromatic heterocycles. The molecule has 0 heterocycles. The fourth-order valence-electron chi connectivity index (χ4n) is 3.00. The van der Waals surface area contributed by atoms with E-state index in [0.29, 0.717) is 11.6 Å². The molecule has 0 spiro atoms. The Hall–Kier alpha value is -1.84. The lowest BCUT2D eigenvalue weighted by molar-refractivity contribution is -0.137. The van der Waals surface area contributed by atoms with E-state index in [0.717, 1.165) is 30.4 Å². The largest absolute Gasteiger partial charge is 0.345 e. The summed E-state index contributed by atoms with van der Waals surface area (Å²) in [4.78, 5) is 24.0. The highest BCUT2D eigenvalue weighted by Gasteiger charge is 2.25. The Morgan fingerprint density at radius 2 is 1.62 bits per heavy atom. The first-order chi connectivity index (χ1) is 9.95. The molecule has 4 nitrogen and oxygen atoms in total. The molecule has 1 fully saturated rings. The molecular weight excluding hydrogens is 264 g/mol. The van der Waals surface area contributed by atoms with Crippen LogP contribution in [0.15, 0.2) is 18.2 Å². The minimum Gasteiger partial charge on any atom is -0.345 e. The van der Waals surface area contributed by atoms with E-state index in [1.165, 1.54) is 6.42 Å². The third-order valence-electron chi connectivity index (χ3n) is 4.11. The SMILES string of the molecule is Cc1cc(C)cc(NC(=O)C(=O)N[C@@H]2CCCC[C@@H]2C)c1. The zero-order valence-electron chi connectivity index (χ0n) is 13.0. The highest BCUT2D eigenvalue weighted by molar-refractivity contribution is 6.39. The van der Waals surface area contributed by atoms with Gasteiger partial charge in [0, 0.05) is 11.7 Å². The molecular formula is C17H24N2O2. The fourth-order valence-corrected chi connectivity index (χ4v) is 3.00. The molecule has 1 aliphatic carbocycles. The van der Waals surface area contributed by atoms with Crippen LogP contribution in [0, 0.1) is 19.8 Å². The molecule has 1 saturated carbocycles. The van der Waals surface area contributed by atoms with E-state index in [-0.39, 0.29) is 6.04 Å². The Morgan fingerprint density at radius 3 is 2.24 bits per heavy atom. The lowest BCUT2D eigenvalue weighted by Crippen LogP contribution is -2.45. The van der Waals surface area contributed by atoms with E-state index in [1.807, 2.05) is 32.0 Å². The standard InChI is InChI=1S/C17H24N2O2/c1-11-8-12(2)10-14(9-11)18-16(20)17(21)19-15-7-5-4-6-13(15)3/h8-10,13,15H,4-7H2,1-3H3,(H,18,20)(H,19,21)/t13-,15+/m0/s1. The van der Waals surface area contributed by atoms with Gasteiger partial charge in [-0.2, -0.15) is 0 Å². The van der Waals surface area contributed by atoms with Crippen molar-refractivity contribution in [2.75, 3.05) is 5.32 Å². The summed E-state index contributed by atoms with van der Waals surface area (Å²) in [5, 5.41) is 5.54. The Bertz CT molecular complexity index is 519. The zero-order chi connectivity index (χ0) is 15.4. The highest BCUT2D eigenvalue weighted by atomic mass is 16.2. The van der Waals surface area contributed by atoms with Gasteiger partial charge in [0.15, 0.2) is 0 Å². The molecule has 1 aromatic rings. The summed E-state index contributed by atoms with van der Waals surface area (Å²) in [6.45, 7) is 6.06. The van der Waals surface area contributed by atoms with Crippen molar-refractivity contribution in [1.29, 1.82) is 0 Å². The number of nitrogens with one attached hydrogen (secondary N) is 2. The predicted molar refractivity (Wildman–Crippen MR) is 84.1 cm³/mol. The second-order valence-electron chi connectivity index (χ2n) is 6.17. The van der Waals surface area contributed by atoms with Gasteiger partial charge in [-0.05, 0) is 55.9 Å². The van der Waals surface area contributed by atoms with Crippen molar-refractivity contribution in [3.05, 3.63) is 29.3 Å². The van der Waals surface area contributed by atoms with E-state index < -0.39 is 11.8 Å². The minimum atomic E-state index is -0.585. The number of aryl methyl sites for hydroxylation is 2. The molecule has 114 valence electrons. The maximum atomic E-state index is 12.0. The molecule has 0 bridgehead atoms. The molecule has 21 heavy (non-hydrogen) atoms. The molecule has 0 radical (unpaired) electrons. The number of rotatable bonds is 2. The summed E-state index contributed by atoms with van der Waals surface area (Å²) in [6.07, 6.45) is 4.41. The molecule has 0 aliphatic heterocycles. The normalized spacial score (nSPS) is 21.7. The Kier molecular flexibility index (Phi) is 4.99. The number of hydrogen-bond acceptors (Lipinski definition) is 2. The van der Waals surface area contributed by atoms with Gasteiger partial charge in [0.1, 0.15) is 0 Å². The summed E-state index contributed by atoms with van der Waals surface area (Å²) < 4.78 is 0. The average Bonchev–Trinajstić information content (AvgIpc) is 2.40. The van der Waals surface area contributed by atoms with Crippen molar-refractivity contribution in [3.63, 3.8) is 0 Å². The quantitative estimate of drug-likeness (QED) is 0.822. The number of carbonyl (C=O) groups excluding carboxylic acids is 2. The molecule has 1 aliphatic rings. The van der Waals surface area contributed by atoms with Crippen LogP contribution in [0.4, 0.5) is 5.69 Å². The van der Waals surface area contributed by atoms with Gasteiger partial charge < -0.3 is 10.6 Å². The first kappa shape index (κ1) is 15.5. The lowest BCUT2D eigenvalue weighted by atomic mass is 9.86. The van der Waals surface area contributed by atoms with Crippen LogP contribution in [0.3, 0.4) is 0 Å². The second-order valence-corrected chi connectivity index (χ2v) is 6.17. The number of carbonyl (C=O) groups is 2. The fraction of sp³-hybridized carbons (Fsp3) is 0.529. The molecule has 2 rings (SSSR count). The maximum absolute atomic E-state index is 12.0. The first-order valence-corrected chi connectivity index (χ1v) is 7.66. The van der Waals surface area contributed by atoms with Crippen molar-refractivity contribution >= 4 is 17.5 Å². The Balaban J connectivity index is 1.94. The van der Waals surface area contributed by atoms with Gasteiger partial charge in [0.25, 0.3) is 0 Å². The van der Waals surface area contributed by atoms with Crippen LogP contribution in [-0.4, -0.2) is 17.9 Å². The smallest absolute Gasteiger partial charge is 0.313 e. The van der Waals surface area contributed by atoms with Crippen LogP contribution in [0.2, 0.25) is 0 Å². The van der Waals surface area contributed by atoms with Crippen LogP contribution in [0.1, 0.15) is 43.7 Å². The van der Waals surface area contributed by atoms with Crippen molar-refractivity contribution in [2.45, 2.75) is 52.5 Å². The third-order valence-corrected chi connectivity index (χ3v) is 4.11. The number of amides is 2. The number of hydrogen-bond donors (Lipinski definition) is 2. The van der Waals surface area contributed by atoms with Crippen molar-refractivity contribution in [2.24, 2.45) is 5.92 Å². The van der Waals surface area contributed by atoms with Crippen LogP contribution < -0.4 is 10.6 Å². The summed E-state index contributed by atoms with van der Waals surface area (Å²) in [6, 6.07) is 5.87. The highest BCUT2D eigenvalue weighted by Crippen LogP contribution is 2.23. The monoisotopic (exact) mass is 288 g/mol. The summed E-state index contributed by atoms with van der Waals surface area (Å²) >= 11 is 0. The number of anilines is 1. The van der Waals surface area contributed by atoms with Crippen LogP contribution in [0.5, 0.6) is 0 Å². The Morgan fingerprint density at radius 1 is 1.00 bits per heavy atom. The third kappa shape index (κ3) is 4.31.